The molecule has 1 heterocycles. The fraction of sp³-hybridized carbons (Fsp3) is 0.267. The van der Waals surface area contributed by atoms with E-state index < -0.39 is 10.2 Å². The Balaban J connectivity index is 0.000000282. The first-order chi connectivity index (χ1) is 9.86. The van der Waals surface area contributed by atoms with Gasteiger partial charge in [0.25, 0.3) is 0 Å². The van der Waals surface area contributed by atoms with Crippen LogP contribution >= 0.6 is 0 Å². The van der Waals surface area contributed by atoms with Gasteiger partial charge in [0.15, 0.2) is 0 Å². The predicted octanol–water partition coefficient (Wildman–Crippen LogP) is -1.14. The van der Waals surface area contributed by atoms with E-state index in [4.69, 9.17) is 23.1 Å². The smallest absolute Gasteiger partial charge is 0.222 e. The van der Waals surface area contributed by atoms with E-state index in [0.717, 1.165) is 25.0 Å². The maximum atomic E-state index is 8.49. The van der Waals surface area contributed by atoms with Crippen LogP contribution in [0.15, 0.2) is 41.0 Å². The third kappa shape index (κ3) is 4.77. The molecule has 0 saturated heterocycles. The van der Waals surface area contributed by atoms with Gasteiger partial charge in [0.1, 0.15) is 0 Å². The Morgan fingerprint density at radius 1 is 1.00 bits per heavy atom. The molecular formula is C15H15ClO5. The topological polar surface area (TPSA) is 104 Å². The lowest BCUT2D eigenvalue weighted by Crippen LogP contribution is -2.68. The van der Waals surface area contributed by atoms with Crippen molar-refractivity contribution in [3.8, 4) is 0 Å². The van der Waals surface area contributed by atoms with Crippen molar-refractivity contribution in [1.82, 2.24) is 0 Å². The highest BCUT2D eigenvalue weighted by molar-refractivity contribution is 5.42. The summed E-state index contributed by atoms with van der Waals surface area (Å²) in [7, 11) is -4.94. The van der Waals surface area contributed by atoms with E-state index in [1.807, 2.05) is 6.26 Å². The Morgan fingerprint density at radius 3 is 2.14 bits per heavy atom. The van der Waals surface area contributed by atoms with Gasteiger partial charge in [-0.3, -0.25) is 0 Å². The molecule has 6 heteroatoms. The summed E-state index contributed by atoms with van der Waals surface area (Å²) in [6, 6.07) is 10.9. The molecule has 1 aliphatic rings. The van der Waals surface area contributed by atoms with Crippen LogP contribution in [0.4, 0.5) is 0 Å². The second-order valence-corrected chi connectivity index (χ2v) is 5.51. The molecule has 0 amide bonds. The second-order valence-electron chi connectivity index (χ2n) is 4.76. The van der Waals surface area contributed by atoms with Gasteiger partial charge in [-0.05, 0) is 23.6 Å². The van der Waals surface area contributed by atoms with Crippen LogP contribution in [0.25, 0.3) is 0 Å². The van der Waals surface area contributed by atoms with E-state index >= 15 is 0 Å². The lowest BCUT2D eigenvalue weighted by molar-refractivity contribution is -2.00. The molecular weight excluding hydrogens is 296 g/mol. The Bertz CT molecular complexity index is 616. The minimum atomic E-state index is -4.94. The quantitative estimate of drug-likeness (QED) is 0.529. The Morgan fingerprint density at radius 2 is 1.57 bits per heavy atom. The van der Waals surface area contributed by atoms with Crippen LogP contribution in [0.5, 0.6) is 0 Å². The molecule has 0 bridgehead atoms. The summed E-state index contributed by atoms with van der Waals surface area (Å²) < 4.78 is 39.7. The average Bonchev–Trinajstić information content (AvgIpc) is 2.42. The molecule has 0 N–H and O–H groups in total. The van der Waals surface area contributed by atoms with E-state index in [-0.39, 0.29) is 0 Å². The van der Waals surface area contributed by atoms with Gasteiger partial charge in [0.2, 0.25) is 0 Å². The maximum Gasteiger partial charge on any atom is 0.336 e. The van der Waals surface area contributed by atoms with Crippen molar-refractivity contribution in [3.05, 3.63) is 64.6 Å². The molecule has 1 aliphatic carbocycles. The van der Waals surface area contributed by atoms with Crippen molar-refractivity contribution in [2.75, 3.05) is 0 Å². The van der Waals surface area contributed by atoms with Crippen LogP contribution in [-0.2, 0) is 19.3 Å². The highest BCUT2D eigenvalue weighted by Crippen LogP contribution is 2.27. The number of hydrogen-bond acceptors (Lipinski definition) is 4. The fourth-order valence-corrected chi connectivity index (χ4v) is 2.33. The number of hydrogen-bond donors (Lipinski definition) is 0. The number of benzene rings is 1. The van der Waals surface area contributed by atoms with Crippen LogP contribution in [0.2, 0.25) is 0 Å². The summed E-state index contributed by atoms with van der Waals surface area (Å²) in [5.41, 5.74) is 5.50. The largest absolute Gasteiger partial charge is 0.336 e. The highest BCUT2D eigenvalue weighted by Gasteiger charge is 2.24. The van der Waals surface area contributed by atoms with Gasteiger partial charge >= 0.3 is 12.0 Å². The summed E-state index contributed by atoms with van der Waals surface area (Å²) >= 11 is 0. The minimum Gasteiger partial charge on any atom is -0.222 e. The Labute approximate surface area is 124 Å². The SMILES string of the molecule is CCc1c[o+]c2c(c1)Cc1ccccc1C2.[O-][Cl+3]([O-])([O-])[O-]. The van der Waals surface area contributed by atoms with Gasteiger partial charge in [-0.1, -0.05) is 31.2 Å². The molecule has 2 aromatic rings. The van der Waals surface area contributed by atoms with Crippen molar-refractivity contribution in [3.63, 3.8) is 0 Å². The fourth-order valence-electron chi connectivity index (χ4n) is 2.33. The molecule has 0 spiro atoms. The maximum absolute atomic E-state index is 8.49. The summed E-state index contributed by atoms with van der Waals surface area (Å²) in [5.74, 6) is 1.14. The summed E-state index contributed by atoms with van der Waals surface area (Å²) in [6.07, 6.45) is 4.89. The van der Waals surface area contributed by atoms with Crippen LogP contribution in [0.1, 0.15) is 34.9 Å². The third-order valence-electron chi connectivity index (χ3n) is 3.33. The van der Waals surface area contributed by atoms with Crippen LogP contribution in [0, 0.1) is 10.2 Å². The van der Waals surface area contributed by atoms with Crippen molar-refractivity contribution in [2.45, 2.75) is 26.2 Å². The molecule has 1 aromatic heterocycles. The zero-order valence-electron chi connectivity index (χ0n) is 11.5. The van der Waals surface area contributed by atoms with E-state index in [1.165, 1.54) is 22.3 Å². The first-order valence-electron chi connectivity index (χ1n) is 6.48. The number of halogens is 1. The number of rotatable bonds is 1. The van der Waals surface area contributed by atoms with E-state index in [9.17, 15) is 0 Å². The van der Waals surface area contributed by atoms with Crippen LogP contribution in [0.3, 0.4) is 0 Å². The highest BCUT2D eigenvalue weighted by atomic mass is 35.7. The molecule has 0 atom stereocenters. The summed E-state index contributed by atoms with van der Waals surface area (Å²) in [6.45, 7) is 2.16. The van der Waals surface area contributed by atoms with Crippen LogP contribution < -0.4 is 18.6 Å². The first-order valence-corrected chi connectivity index (χ1v) is 7.71. The standard InChI is InChI=1S/C15H15O.ClHO4/c1-2-11-7-14-8-12-5-3-4-6-13(12)9-15(14)16-10-11;2-1(3,4)5/h3-7,10H,2,8-9H2,1H3;(H,2,3,4,5)/q+1;/p-1. The minimum absolute atomic E-state index is 0.940. The van der Waals surface area contributed by atoms with Gasteiger partial charge in [0, 0.05) is 12.0 Å². The predicted molar refractivity (Wildman–Crippen MR) is 64.5 cm³/mol. The molecule has 0 fully saturated rings. The molecule has 1 aromatic carbocycles. The summed E-state index contributed by atoms with van der Waals surface area (Å²) in [4.78, 5) is 0. The molecule has 112 valence electrons. The molecule has 3 rings (SSSR count). The van der Waals surface area contributed by atoms with Crippen molar-refractivity contribution < 1.29 is 33.3 Å². The molecule has 5 nitrogen and oxygen atoms in total. The normalized spacial score (nSPS) is 12.8. The van der Waals surface area contributed by atoms with E-state index in [0.29, 0.717) is 0 Å². The third-order valence-corrected chi connectivity index (χ3v) is 3.33. The molecule has 0 radical (unpaired) electrons. The second kappa shape index (κ2) is 6.51. The van der Waals surface area contributed by atoms with Crippen molar-refractivity contribution >= 4 is 0 Å². The van der Waals surface area contributed by atoms with E-state index in [2.05, 4.69) is 37.3 Å². The zero-order chi connectivity index (χ0) is 15.5. The van der Waals surface area contributed by atoms with Gasteiger partial charge < -0.3 is 0 Å². The zero-order valence-corrected chi connectivity index (χ0v) is 12.3. The number of fused-ring (bicyclic) bond motifs is 2. The van der Waals surface area contributed by atoms with Gasteiger partial charge in [-0.25, -0.2) is 23.1 Å². The lowest BCUT2D eigenvalue weighted by atomic mass is 9.89. The Kier molecular flexibility index (Phi) is 4.92. The van der Waals surface area contributed by atoms with Gasteiger partial charge in [-0.15, -0.1) is 10.2 Å². The van der Waals surface area contributed by atoms with Crippen molar-refractivity contribution in [2.24, 2.45) is 0 Å². The first kappa shape index (κ1) is 15.9. The van der Waals surface area contributed by atoms with Gasteiger partial charge in [-0.2, -0.15) is 0 Å². The molecule has 0 saturated carbocycles. The monoisotopic (exact) mass is 310 g/mol. The average molecular weight is 311 g/mol. The lowest BCUT2D eigenvalue weighted by Gasteiger charge is -2.17. The summed E-state index contributed by atoms with van der Waals surface area (Å²) in [5, 5.41) is 0. The van der Waals surface area contributed by atoms with Crippen molar-refractivity contribution in [1.29, 1.82) is 0 Å². The van der Waals surface area contributed by atoms with Gasteiger partial charge in [0.05, 0.1) is 12.0 Å². The molecule has 21 heavy (non-hydrogen) atoms. The van der Waals surface area contributed by atoms with Crippen LogP contribution in [-0.4, -0.2) is 0 Å². The molecule has 0 unspecified atom stereocenters. The Hall–Kier alpha value is -1.50. The van der Waals surface area contributed by atoms with E-state index in [1.54, 1.807) is 0 Å². The number of aryl methyl sites for hydroxylation is 1. The molecule has 0 aliphatic heterocycles.